The van der Waals surface area contributed by atoms with Crippen molar-refractivity contribution in [2.24, 2.45) is 0 Å². The van der Waals surface area contributed by atoms with Crippen molar-refractivity contribution in [2.75, 3.05) is 41.4 Å². The van der Waals surface area contributed by atoms with Crippen molar-refractivity contribution in [3.8, 4) is 5.75 Å². The number of amides is 1. The number of aliphatic hydroxyl groups excluding tert-OH is 1. The molecular formula is C24H25FN2O6. The number of likely N-dealkylation sites (tertiary alicyclic amines) is 1. The summed E-state index contributed by atoms with van der Waals surface area (Å²) in [6.07, 6.45) is 0. The topological polar surface area (TPSA) is 96.4 Å². The molecule has 0 radical (unpaired) electrons. The Balaban J connectivity index is 2.14. The normalized spacial score (nSPS) is 17.5. The molecule has 0 aromatic heterocycles. The number of likely N-dealkylation sites (N-methyl/N-ethyl adjacent to an activating group) is 1. The number of hydrogen-bond acceptors (Lipinski definition) is 7. The molecule has 0 bridgehead atoms. The van der Waals surface area contributed by atoms with E-state index in [9.17, 15) is 23.9 Å². The molecule has 1 atom stereocenters. The van der Waals surface area contributed by atoms with Crippen molar-refractivity contribution in [1.82, 2.24) is 9.80 Å². The molecule has 174 valence electrons. The van der Waals surface area contributed by atoms with Gasteiger partial charge >= 0.3 is 5.97 Å². The number of esters is 1. The van der Waals surface area contributed by atoms with Crippen LogP contribution in [-0.2, 0) is 14.3 Å². The van der Waals surface area contributed by atoms with Crippen LogP contribution < -0.4 is 4.74 Å². The fraction of sp³-hybridized carbons (Fsp3) is 0.292. The number of carbonyl (C=O) groups is 3. The Labute approximate surface area is 190 Å². The van der Waals surface area contributed by atoms with E-state index in [-0.39, 0.29) is 23.4 Å². The smallest absolute Gasteiger partial charge is 0.337 e. The summed E-state index contributed by atoms with van der Waals surface area (Å²) in [5, 5.41) is 11.0. The molecular weight excluding hydrogens is 431 g/mol. The van der Waals surface area contributed by atoms with Gasteiger partial charge in [-0.15, -0.1) is 0 Å². The maximum atomic E-state index is 14.3. The van der Waals surface area contributed by atoms with Gasteiger partial charge in [-0.3, -0.25) is 9.59 Å². The number of halogens is 1. The van der Waals surface area contributed by atoms with Gasteiger partial charge in [0.05, 0.1) is 31.4 Å². The van der Waals surface area contributed by atoms with Crippen molar-refractivity contribution in [2.45, 2.75) is 6.04 Å². The molecule has 8 nitrogen and oxygen atoms in total. The minimum absolute atomic E-state index is 0.0204. The lowest BCUT2D eigenvalue weighted by Crippen LogP contribution is -2.35. The standard InChI is InChI=1S/C24H25FN2O6/c1-26(2)11-12-27-20(14-5-7-15(8-6-14)24(31)33-4)19(22(29)23(27)30)21(28)16-9-10-18(32-3)17(25)13-16/h5-10,13,20,28H,11-12H2,1-4H3/t20-/m0/s1. The molecule has 1 heterocycles. The van der Waals surface area contributed by atoms with Crippen LogP contribution in [0.1, 0.15) is 27.5 Å². The molecule has 1 N–H and O–H groups in total. The van der Waals surface area contributed by atoms with Gasteiger partial charge in [0.15, 0.2) is 11.6 Å². The van der Waals surface area contributed by atoms with Crippen molar-refractivity contribution in [1.29, 1.82) is 0 Å². The minimum Gasteiger partial charge on any atom is -0.507 e. The Morgan fingerprint density at radius 1 is 1.09 bits per heavy atom. The van der Waals surface area contributed by atoms with Crippen molar-refractivity contribution in [3.63, 3.8) is 0 Å². The second-order valence-corrected chi connectivity index (χ2v) is 7.76. The molecule has 3 rings (SSSR count). The number of methoxy groups -OCH3 is 2. The average molecular weight is 456 g/mol. The predicted molar refractivity (Wildman–Crippen MR) is 118 cm³/mol. The first kappa shape index (κ1) is 23.9. The second kappa shape index (κ2) is 9.83. The summed E-state index contributed by atoms with van der Waals surface area (Å²) in [4.78, 5) is 40.9. The van der Waals surface area contributed by atoms with Crippen LogP contribution in [0, 0.1) is 5.82 Å². The molecule has 1 aliphatic heterocycles. The number of nitrogens with zero attached hydrogens (tertiary/aromatic N) is 2. The number of ketones is 1. The highest BCUT2D eigenvalue weighted by Gasteiger charge is 2.46. The lowest BCUT2D eigenvalue weighted by molar-refractivity contribution is -0.140. The molecule has 1 saturated heterocycles. The molecule has 2 aromatic carbocycles. The van der Waals surface area contributed by atoms with Crippen molar-refractivity contribution >= 4 is 23.4 Å². The Morgan fingerprint density at radius 2 is 1.73 bits per heavy atom. The summed E-state index contributed by atoms with van der Waals surface area (Å²) in [6.45, 7) is 0.690. The van der Waals surface area contributed by atoms with Gasteiger partial charge in [0.1, 0.15) is 5.76 Å². The SMILES string of the molecule is COC(=O)c1ccc([C@H]2C(=C(O)c3ccc(OC)c(F)c3)C(=O)C(=O)N2CCN(C)C)cc1. The third-order valence-corrected chi connectivity index (χ3v) is 5.40. The Hall–Kier alpha value is -3.72. The number of benzene rings is 2. The van der Waals surface area contributed by atoms with Crippen LogP contribution in [0.25, 0.3) is 5.76 Å². The van der Waals surface area contributed by atoms with Crippen LogP contribution in [0.3, 0.4) is 0 Å². The Kier molecular flexibility index (Phi) is 7.13. The fourth-order valence-electron chi connectivity index (χ4n) is 3.65. The number of aliphatic hydroxyl groups is 1. The van der Waals surface area contributed by atoms with Gasteiger partial charge in [-0.05, 0) is 50.0 Å². The van der Waals surface area contributed by atoms with Crippen LogP contribution in [0.4, 0.5) is 4.39 Å². The highest BCUT2D eigenvalue weighted by Crippen LogP contribution is 2.39. The molecule has 0 aliphatic carbocycles. The summed E-state index contributed by atoms with van der Waals surface area (Å²) >= 11 is 0. The molecule has 0 saturated carbocycles. The van der Waals surface area contributed by atoms with E-state index < -0.39 is 35.3 Å². The fourth-order valence-corrected chi connectivity index (χ4v) is 3.65. The van der Waals surface area contributed by atoms with E-state index >= 15 is 0 Å². The highest BCUT2D eigenvalue weighted by molar-refractivity contribution is 6.46. The van der Waals surface area contributed by atoms with Gasteiger partial charge in [-0.25, -0.2) is 9.18 Å². The lowest BCUT2D eigenvalue weighted by Gasteiger charge is -2.26. The zero-order valence-corrected chi connectivity index (χ0v) is 18.8. The molecule has 1 amide bonds. The monoisotopic (exact) mass is 456 g/mol. The largest absolute Gasteiger partial charge is 0.507 e. The second-order valence-electron chi connectivity index (χ2n) is 7.76. The van der Waals surface area contributed by atoms with E-state index in [1.165, 1.54) is 43.4 Å². The minimum atomic E-state index is -0.915. The van der Waals surface area contributed by atoms with Gasteiger partial charge in [-0.1, -0.05) is 12.1 Å². The average Bonchev–Trinajstić information content (AvgIpc) is 3.06. The molecule has 1 aliphatic rings. The first-order valence-electron chi connectivity index (χ1n) is 10.1. The van der Waals surface area contributed by atoms with E-state index in [4.69, 9.17) is 9.47 Å². The third kappa shape index (κ3) is 4.73. The molecule has 0 spiro atoms. The molecule has 9 heteroatoms. The number of ether oxygens (including phenoxy) is 2. The Morgan fingerprint density at radius 3 is 2.27 bits per heavy atom. The van der Waals surface area contributed by atoms with Crippen LogP contribution >= 0.6 is 0 Å². The van der Waals surface area contributed by atoms with Crippen LogP contribution in [0.5, 0.6) is 5.75 Å². The first-order valence-corrected chi connectivity index (χ1v) is 10.1. The first-order chi connectivity index (χ1) is 15.7. The van der Waals surface area contributed by atoms with Crippen molar-refractivity contribution in [3.05, 3.63) is 70.5 Å². The van der Waals surface area contributed by atoms with Gasteiger partial charge in [0.25, 0.3) is 11.7 Å². The lowest BCUT2D eigenvalue weighted by atomic mass is 9.94. The molecule has 0 unspecified atom stereocenters. The highest BCUT2D eigenvalue weighted by atomic mass is 19.1. The quantitative estimate of drug-likeness (QED) is 0.296. The van der Waals surface area contributed by atoms with E-state index in [2.05, 4.69) is 0 Å². The summed E-state index contributed by atoms with van der Waals surface area (Å²) in [5.41, 5.74) is 0.684. The Bertz CT molecular complexity index is 1110. The zero-order valence-electron chi connectivity index (χ0n) is 18.8. The van der Waals surface area contributed by atoms with E-state index in [0.717, 1.165) is 6.07 Å². The van der Waals surface area contributed by atoms with Crippen LogP contribution in [0.2, 0.25) is 0 Å². The number of carbonyl (C=O) groups excluding carboxylic acids is 3. The number of Topliss-reactive ketones (excluding diaryl/α,β-unsaturated/α-hetero) is 1. The maximum absolute atomic E-state index is 14.3. The number of hydrogen-bond donors (Lipinski definition) is 1. The number of rotatable bonds is 7. The summed E-state index contributed by atoms with van der Waals surface area (Å²) in [7, 11) is 6.24. The summed E-state index contributed by atoms with van der Waals surface area (Å²) in [6, 6.07) is 9.07. The van der Waals surface area contributed by atoms with Crippen LogP contribution in [-0.4, -0.2) is 74.0 Å². The molecule has 33 heavy (non-hydrogen) atoms. The zero-order chi connectivity index (χ0) is 24.3. The van der Waals surface area contributed by atoms with Crippen LogP contribution in [0.15, 0.2) is 48.0 Å². The third-order valence-electron chi connectivity index (χ3n) is 5.40. The maximum Gasteiger partial charge on any atom is 0.337 e. The van der Waals surface area contributed by atoms with Crippen molar-refractivity contribution < 1.29 is 33.4 Å². The molecule has 2 aromatic rings. The van der Waals surface area contributed by atoms with E-state index in [0.29, 0.717) is 17.7 Å². The van der Waals surface area contributed by atoms with Gasteiger partial charge in [0.2, 0.25) is 0 Å². The van der Waals surface area contributed by atoms with E-state index in [1.807, 2.05) is 19.0 Å². The van der Waals surface area contributed by atoms with Gasteiger partial charge in [-0.2, -0.15) is 0 Å². The molecule has 1 fully saturated rings. The summed E-state index contributed by atoms with van der Waals surface area (Å²) in [5.74, 6) is -3.41. The van der Waals surface area contributed by atoms with E-state index in [1.54, 1.807) is 12.1 Å². The van der Waals surface area contributed by atoms with Gasteiger partial charge in [0, 0.05) is 18.7 Å². The summed E-state index contributed by atoms with van der Waals surface area (Å²) < 4.78 is 23.9. The predicted octanol–water partition coefficient (Wildman–Crippen LogP) is 2.60. The van der Waals surface area contributed by atoms with Gasteiger partial charge < -0.3 is 24.4 Å².